The maximum absolute atomic E-state index is 8.05. The van der Waals surface area contributed by atoms with Gasteiger partial charge in [0.2, 0.25) is 0 Å². The van der Waals surface area contributed by atoms with Crippen molar-refractivity contribution in [1.29, 1.82) is 10.5 Å². The van der Waals surface area contributed by atoms with Crippen molar-refractivity contribution in [2.24, 2.45) is 5.92 Å². The number of hydrogen-bond donors (Lipinski definition) is 0. The summed E-state index contributed by atoms with van der Waals surface area (Å²) in [5.41, 5.74) is 0. The lowest BCUT2D eigenvalue weighted by molar-refractivity contribution is 0.507. The Labute approximate surface area is 159 Å². The molecule has 0 aliphatic rings. The molecule has 0 bridgehead atoms. The Morgan fingerprint density at radius 3 is 1.04 bits per heavy atom. The molecule has 26 heavy (non-hydrogen) atoms. The third kappa shape index (κ3) is 23.3. The molecule has 0 heterocycles. The van der Waals surface area contributed by atoms with Crippen molar-refractivity contribution >= 4 is 0 Å². The van der Waals surface area contributed by atoms with Gasteiger partial charge in [-0.2, -0.15) is 0 Å². The van der Waals surface area contributed by atoms with Crippen LogP contribution in [-0.2, 0) is 0 Å². The van der Waals surface area contributed by atoms with Crippen molar-refractivity contribution in [2.75, 3.05) is 0 Å². The first-order valence-corrected chi connectivity index (χ1v) is 8.82. The molecule has 0 aromatic heterocycles. The fourth-order valence-electron chi connectivity index (χ4n) is 1.08. The van der Waals surface area contributed by atoms with Gasteiger partial charge in [-0.05, 0) is 30.2 Å². The first kappa shape index (κ1) is 27.8. The molecule has 2 aromatic carbocycles. The predicted molar refractivity (Wildman–Crippen MR) is 109 cm³/mol. The minimum absolute atomic E-state index is 0.583. The van der Waals surface area contributed by atoms with E-state index in [0.717, 1.165) is 5.92 Å². The van der Waals surface area contributed by atoms with Crippen LogP contribution in [0.4, 0.5) is 0 Å². The van der Waals surface area contributed by atoms with E-state index >= 15 is 0 Å². The molecule has 0 fully saturated rings. The molecular formula is C22H32N2O2. The molecule has 0 spiro atoms. The van der Waals surface area contributed by atoms with Crippen molar-refractivity contribution < 1.29 is 9.47 Å². The summed E-state index contributed by atoms with van der Waals surface area (Å²) in [5.74, 6) is 2.00. The molecule has 0 N–H and O–H groups in total. The number of ether oxygens (including phenoxy) is 2. The minimum Gasteiger partial charge on any atom is -0.388 e. The topological polar surface area (TPSA) is 66.0 Å². The molecule has 4 nitrogen and oxygen atoms in total. The normalized spacial score (nSPS) is 7.31. The summed E-state index contributed by atoms with van der Waals surface area (Å²) in [6, 6.07) is 17.9. The molecule has 0 saturated heterocycles. The highest BCUT2D eigenvalue weighted by molar-refractivity contribution is 5.22. The summed E-state index contributed by atoms with van der Waals surface area (Å²) in [4.78, 5) is 0. The van der Waals surface area contributed by atoms with Crippen LogP contribution >= 0.6 is 0 Å². The lowest BCUT2D eigenvalue weighted by Crippen LogP contribution is -1.78. The monoisotopic (exact) mass is 356 g/mol. The average Bonchev–Trinajstić information content (AvgIpc) is 2.67. The molecule has 2 rings (SSSR count). The molecule has 0 unspecified atom stereocenters. The number of nitriles is 2. The third-order valence-electron chi connectivity index (χ3n) is 1.81. The van der Waals surface area contributed by atoms with Gasteiger partial charge in [0.1, 0.15) is 11.5 Å². The van der Waals surface area contributed by atoms with Gasteiger partial charge in [0, 0.05) is 0 Å². The van der Waals surface area contributed by atoms with Gasteiger partial charge in [-0.15, -0.1) is 10.5 Å². The summed E-state index contributed by atoms with van der Waals surface area (Å²) in [7, 11) is 0. The molecular weight excluding hydrogens is 324 g/mol. The number of para-hydroxylation sites is 2. The molecule has 0 atom stereocenters. The lowest BCUT2D eigenvalue weighted by Gasteiger charge is -1.89. The van der Waals surface area contributed by atoms with Gasteiger partial charge in [-0.25, -0.2) is 0 Å². The second-order valence-corrected chi connectivity index (χ2v) is 4.74. The summed E-state index contributed by atoms with van der Waals surface area (Å²) in [5, 5.41) is 16.1. The summed E-state index contributed by atoms with van der Waals surface area (Å²) in [6.07, 6.45) is 3.17. The van der Waals surface area contributed by atoms with Crippen LogP contribution in [0.5, 0.6) is 11.5 Å². The van der Waals surface area contributed by atoms with E-state index in [1.165, 1.54) is 0 Å². The number of benzene rings is 2. The molecule has 0 aliphatic carbocycles. The second-order valence-electron chi connectivity index (χ2n) is 4.74. The zero-order valence-corrected chi connectivity index (χ0v) is 17.1. The highest BCUT2D eigenvalue weighted by Crippen LogP contribution is 2.07. The molecule has 4 heteroatoms. The van der Waals surface area contributed by atoms with Crippen LogP contribution in [0.15, 0.2) is 60.7 Å². The fraction of sp³-hybridized carbons (Fsp3) is 0.364. The number of rotatable bonds is 2. The molecule has 0 radical (unpaired) electrons. The maximum atomic E-state index is 8.05. The highest BCUT2D eigenvalue weighted by atomic mass is 16.5. The van der Waals surface area contributed by atoms with Gasteiger partial charge in [-0.3, -0.25) is 0 Å². The Hall–Kier alpha value is -2.98. The first-order chi connectivity index (χ1) is 12.6. The van der Waals surface area contributed by atoms with Gasteiger partial charge in [0.25, 0.3) is 12.5 Å². The lowest BCUT2D eigenvalue weighted by atomic mass is 10.3. The van der Waals surface area contributed by atoms with Gasteiger partial charge >= 0.3 is 0 Å². The Kier molecular flexibility index (Phi) is 26.0. The van der Waals surface area contributed by atoms with Gasteiger partial charge in [0.15, 0.2) is 0 Å². The molecule has 142 valence electrons. The first-order valence-electron chi connectivity index (χ1n) is 8.82. The molecule has 0 aliphatic heterocycles. The van der Waals surface area contributed by atoms with E-state index in [1.54, 1.807) is 36.8 Å². The Bertz CT molecular complexity index is 516. The van der Waals surface area contributed by atoms with Crippen LogP contribution in [0.2, 0.25) is 0 Å². The second kappa shape index (κ2) is 24.3. The van der Waals surface area contributed by atoms with Crippen LogP contribution in [0.1, 0.15) is 48.5 Å². The SMILES string of the molecule is CC.CC.CC(C)C.N#COc1ccccc1.N#COc1ccccc1. The van der Waals surface area contributed by atoms with E-state index in [4.69, 9.17) is 10.5 Å². The van der Waals surface area contributed by atoms with E-state index in [1.807, 2.05) is 64.1 Å². The van der Waals surface area contributed by atoms with Crippen molar-refractivity contribution in [2.45, 2.75) is 48.5 Å². The van der Waals surface area contributed by atoms with Crippen LogP contribution < -0.4 is 9.47 Å². The Balaban J connectivity index is -0.000000294. The quantitative estimate of drug-likeness (QED) is 0.554. The van der Waals surface area contributed by atoms with Gasteiger partial charge in [-0.1, -0.05) is 84.9 Å². The van der Waals surface area contributed by atoms with Gasteiger partial charge in [0.05, 0.1) is 0 Å². The Morgan fingerprint density at radius 2 is 0.846 bits per heavy atom. The zero-order valence-electron chi connectivity index (χ0n) is 17.1. The van der Waals surface area contributed by atoms with Gasteiger partial charge < -0.3 is 9.47 Å². The van der Waals surface area contributed by atoms with Crippen molar-refractivity contribution in [1.82, 2.24) is 0 Å². The van der Waals surface area contributed by atoms with Crippen molar-refractivity contribution in [3.8, 4) is 24.0 Å². The largest absolute Gasteiger partial charge is 0.388 e. The zero-order chi connectivity index (χ0) is 20.6. The van der Waals surface area contributed by atoms with E-state index in [-0.39, 0.29) is 0 Å². The maximum Gasteiger partial charge on any atom is 0.292 e. The molecule has 0 saturated carbocycles. The third-order valence-corrected chi connectivity index (χ3v) is 1.81. The summed E-state index contributed by atoms with van der Waals surface area (Å²) >= 11 is 0. The summed E-state index contributed by atoms with van der Waals surface area (Å²) < 4.78 is 9.02. The van der Waals surface area contributed by atoms with E-state index in [9.17, 15) is 0 Å². The van der Waals surface area contributed by atoms with Crippen molar-refractivity contribution in [3.63, 3.8) is 0 Å². The van der Waals surface area contributed by atoms with Crippen LogP contribution in [-0.4, -0.2) is 0 Å². The van der Waals surface area contributed by atoms with Crippen LogP contribution in [0, 0.1) is 29.0 Å². The Morgan fingerprint density at radius 1 is 0.615 bits per heavy atom. The predicted octanol–water partition coefficient (Wildman–Crippen LogP) is 6.81. The van der Waals surface area contributed by atoms with E-state index < -0.39 is 0 Å². The smallest absolute Gasteiger partial charge is 0.292 e. The minimum atomic E-state index is 0.583. The van der Waals surface area contributed by atoms with Crippen molar-refractivity contribution in [3.05, 3.63) is 60.7 Å². The van der Waals surface area contributed by atoms with E-state index in [0.29, 0.717) is 11.5 Å². The molecule has 2 aromatic rings. The van der Waals surface area contributed by atoms with Crippen LogP contribution in [0.25, 0.3) is 0 Å². The molecule has 0 amide bonds. The average molecular weight is 357 g/mol. The standard InChI is InChI=1S/2C7H5NO.C4H10.2C2H6/c2*8-6-9-7-4-2-1-3-5-7;1-4(2)3;2*1-2/h2*1-5H;4H,1-3H3;2*1-2H3. The number of nitrogens with zero attached hydrogens (tertiary/aromatic N) is 2. The fourth-order valence-corrected chi connectivity index (χ4v) is 1.08. The highest BCUT2D eigenvalue weighted by Gasteiger charge is 1.85. The number of hydrogen-bond acceptors (Lipinski definition) is 4. The van der Waals surface area contributed by atoms with E-state index in [2.05, 4.69) is 30.2 Å². The van der Waals surface area contributed by atoms with Crippen LogP contribution in [0.3, 0.4) is 0 Å². The summed E-state index contributed by atoms with van der Waals surface area (Å²) in [6.45, 7) is 14.5.